The molecule has 0 bridgehead atoms. The van der Waals surface area contributed by atoms with Gasteiger partial charge < -0.3 is 42.6 Å². The van der Waals surface area contributed by atoms with E-state index in [9.17, 15) is 34.2 Å². The lowest BCUT2D eigenvalue weighted by molar-refractivity contribution is -0.142. The lowest BCUT2D eigenvalue weighted by Crippen LogP contribution is -2.59. The van der Waals surface area contributed by atoms with Crippen LogP contribution < -0.4 is 27.4 Å². The number of carboxylic acid groups (broad SMARTS) is 1. The van der Waals surface area contributed by atoms with Gasteiger partial charge in [0.15, 0.2) is 0 Å². The number of para-hydroxylation sites is 1. The van der Waals surface area contributed by atoms with Gasteiger partial charge in [-0.25, -0.2) is 4.79 Å². The van der Waals surface area contributed by atoms with Crippen molar-refractivity contribution < 1.29 is 34.2 Å². The second-order valence-electron chi connectivity index (χ2n) is 9.23. The number of aromatic amines is 1. The van der Waals surface area contributed by atoms with Crippen molar-refractivity contribution in [3.8, 4) is 0 Å². The Bertz CT molecular complexity index is 1360. The monoisotopic (exact) mass is 552 g/mol. The molecule has 0 saturated carbocycles. The summed E-state index contributed by atoms with van der Waals surface area (Å²) in [7, 11) is 0. The van der Waals surface area contributed by atoms with Crippen LogP contribution in [0.5, 0.6) is 0 Å². The van der Waals surface area contributed by atoms with E-state index in [1.807, 2.05) is 24.3 Å². The first-order valence-corrected chi connectivity index (χ1v) is 12.5. The maximum absolute atomic E-state index is 12.9. The van der Waals surface area contributed by atoms with Crippen LogP contribution in [0.2, 0.25) is 0 Å². The number of rotatable bonds is 14. The van der Waals surface area contributed by atoms with Crippen LogP contribution in [0.1, 0.15) is 17.5 Å². The molecule has 3 rings (SSSR count). The summed E-state index contributed by atoms with van der Waals surface area (Å²) in [6.07, 6.45) is 1.20. The smallest absolute Gasteiger partial charge is 0.326 e. The molecule has 4 atom stereocenters. The van der Waals surface area contributed by atoms with E-state index in [2.05, 4.69) is 20.9 Å². The number of aliphatic hydroxyl groups is 1. The van der Waals surface area contributed by atoms with Gasteiger partial charge in [0.05, 0.1) is 19.1 Å². The van der Waals surface area contributed by atoms with Gasteiger partial charge >= 0.3 is 5.97 Å². The maximum Gasteiger partial charge on any atom is 0.326 e. The third-order valence-corrected chi connectivity index (χ3v) is 6.20. The maximum atomic E-state index is 12.9. The Morgan fingerprint density at radius 3 is 2.05 bits per heavy atom. The number of primary amides is 1. The van der Waals surface area contributed by atoms with E-state index < -0.39 is 66.8 Å². The summed E-state index contributed by atoms with van der Waals surface area (Å²) in [6.45, 7) is -0.882. The Morgan fingerprint density at radius 2 is 1.40 bits per heavy atom. The molecule has 4 amide bonds. The fourth-order valence-electron chi connectivity index (χ4n) is 4.11. The molecule has 1 aromatic heterocycles. The molecule has 1 heterocycles. The molecular weight excluding hydrogens is 520 g/mol. The van der Waals surface area contributed by atoms with Crippen LogP contribution >= 0.6 is 0 Å². The Labute approximate surface area is 229 Å². The molecule has 0 saturated heterocycles. The summed E-state index contributed by atoms with van der Waals surface area (Å²) < 4.78 is 0. The minimum atomic E-state index is -1.57. The summed E-state index contributed by atoms with van der Waals surface area (Å²) >= 11 is 0. The number of aliphatic hydroxyl groups excluding tert-OH is 1. The van der Waals surface area contributed by atoms with Gasteiger partial charge in [-0.1, -0.05) is 48.5 Å². The number of aromatic nitrogens is 1. The predicted molar refractivity (Wildman–Crippen MR) is 144 cm³/mol. The van der Waals surface area contributed by atoms with Crippen LogP contribution in [-0.4, -0.2) is 75.6 Å². The van der Waals surface area contributed by atoms with Crippen molar-refractivity contribution in [2.24, 2.45) is 11.5 Å². The van der Waals surface area contributed by atoms with Gasteiger partial charge in [-0.05, 0) is 23.6 Å². The highest BCUT2D eigenvalue weighted by Crippen LogP contribution is 2.18. The predicted octanol–water partition coefficient (Wildman–Crippen LogP) is -1.31. The van der Waals surface area contributed by atoms with Gasteiger partial charge in [0, 0.05) is 23.5 Å². The Balaban J connectivity index is 1.64. The average molecular weight is 553 g/mol. The van der Waals surface area contributed by atoms with E-state index >= 15 is 0 Å². The SMILES string of the molecule is NC(=O)CC(NC(=O)C(N)Cc1c[nH]c2ccccc12)C(=O)NC(CO)C(=O)NC(Cc1ccccc1)C(=O)O. The van der Waals surface area contributed by atoms with Gasteiger partial charge in [0.1, 0.15) is 18.1 Å². The second kappa shape index (κ2) is 13.9. The van der Waals surface area contributed by atoms with Crippen LogP contribution in [0, 0.1) is 0 Å². The number of hydrogen-bond donors (Lipinski definition) is 8. The van der Waals surface area contributed by atoms with Crippen molar-refractivity contribution in [2.75, 3.05) is 6.61 Å². The number of amides is 4. The molecule has 0 radical (unpaired) electrons. The molecule has 0 aliphatic carbocycles. The number of aliphatic carboxylic acids is 1. The first-order chi connectivity index (χ1) is 19.1. The van der Waals surface area contributed by atoms with Crippen LogP contribution in [0.25, 0.3) is 10.9 Å². The molecule has 13 nitrogen and oxygen atoms in total. The van der Waals surface area contributed by atoms with Crippen molar-refractivity contribution in [1.29, 1.82) is 0 Å². The second-order valence-corrected chi connectivity index (χ2v) is 9.23. The molecule has 13 heteroatoms. The Morgan fingerprint density at radius 1 is 0.800 bits per heavy atom. The summed E-state index contributed by atoms with van der Waals surface area (Å²) in [6, 6.07) is 10.5. The Kier molecular flexibility index (Phi) is 10.3. The molecule has 40 heavy (non-hydrogen) atoms. The average Bonchev–Trinajstić information content (AvgIpc) is 3.33. The van der Waals surface area contributed by atoms with Crippen molar-refractivity contribution in [2.45, 2.75) is 43.4 Å². The van der Waals surface area contributed by atoms with Gasteiger partial charge in [0.2, 0.25) is 23.6 Å². The number of H-pyrrole nitrogens is 1. The first-order valence-electron chi connectivity index (χ1n) is 12.5. The standard InChI is InChI=1S/C27H32N6O7/c28-18(11-16-13-30-19-9-5-4-8-17(16)19)24(36)31-20(12-23(29)35)25(37)33-22(14-34)26(38)32-21(27(39)40)10-15-6-2-1-3-7-15/h1-9,13,18,20-22,30,34H,10-12,14,28H2,(H2,29,35)(H,31,36)(H,32,38)(H,33,37)(H,39,40). The molecule has 212 valence electrons. The van der Waals surface area contributed by atoms with Gasteiger partial charge in [-0.15, -0.1) is 0 Å². The van der Waals surface area contributed by atoms with Gasteiger partial charge in [0.25, 0.3) is 0 Å². The fraction of sp³-hybridized carbons (Fsp3) is 0.296. The zero-order valence-corrected chi connectivity index (χ0v) is 21.5. The lowest BCUT2D eigenvalue weighted by atomic mass is 10.0. The zero-order valence-electron chi connectivity index (χ0n) is 21.5. The minimum Gasteiger partial charge on any atom is -0.480 e. The number of carboxylic acids is 1. The van der Waals surface area contributed by atoms with E-state index in [0.29, 0.717) is 5.56 Å². The number of nitrogens with one attached hydrogen (secondary N) is 4. The van der Waals surface area contributed by atoms with Gasteiger partial charge in [-0.2, -0.15) is 0 Å². The highest BCUT2D eigenvalue weighted by molar-refractivity contribution is 5.96. The summed E-state index contributed by atoms with van der Waals surface area (Å²) in [5.74, 6) is -4.94. The summed E-state index contributed by atoms with van der Waals surface area (Å²) in [4.78, 5) is 64.9. The van der Waals surface area contributed by atoms with Crippen LogP contribution in [0.3, 0.4) is 0 Å². The fourth-order valence-corrected chi connectivity index (χ4v) is 4.11. The van der Waals surface area contributed by atoms with Crippen LogP contribution in [0.4, 0.5) is 0 Å². The van der Waals surface area contributed by atoms with Crippen LogP contribution in [0.15, 0.2) is 60.8 Å². The van der Waals surface area contributed by atoms with E-state index in [0.717, 1.165) is 16.5 Å². The molecule has 2 aromatic carbocycles. The molecule has 3 aromatic rings. The summed E-state index contributed by atoms with van der Waals surface area (Å²) in [5.41, 5.74) is 13.6. The number of carbonyl (C=O) groups excluding carboxylic acids is 4. The van der Waals surface area contributed by atoms with Crippen molar-refractivity contribution in [3.63, 3.8) is 0 Å². The third kappa shape index (κ3) is 8.12. The Hall–Kier alpha value is -4.75. The van der Waals surface area contributed by atoms with Crippen molar-refractivity contribution >= 4 is 40.5 Å². The van der Waals surface area contributed by atoms with E-state index in [4.69, 9.17) is 11.5 Å². The molecule has 4 unspecified atom stereocenters. The minimum absolute atomic E-state index is 0.0390. The van der Waals surface area contributed by atoms with E-state index in [-0.39, 0.29) is 12.8 Å². The molecular formula is C27H32N6O7. The normalized spacial score (nSPS) is 13.9. The number of nitrogens with two attached hydrogens (primary N) is 2. The topological polar surface area (TPSA) is 230 Å². The number of fused-ring (bicyclic) bond motifs is 1. The third-order valence-electron chi connectivity index (χ3n) is 6.20. The summed E-state index contributed by atoms with van der Waals surface area (Å²) in [5, 5.41) is 27.0. The molecule has 0 aliphatic heterocycles. The van der Waals surface area contributed by atoms with Crippen molar-refractivity contribution in [1.82, 2.24) is 20.9 Å². The van der Waals surface area contributed by atoms with Gasteiger partial charge in [-0.3, -0.25) is 19.2 Å². The highest BCUT2D eigenvalue weighted by atomic mass is 16.4. The number of hydrogen-bond acceptors (Lipinski definition) is 7. The largest absolute Gasteiger partial charge is 0.480 e. The molecule has 10 N–H and O–H groups in total. The quantitative estimate of drug-likeness (QED) is 0.119. The molecule has 0 spiro atoms. The van der Waals surface area contributed by atoms with E-state index in [1.54, 1.807) is 36.5 Å². The first kappa shape index (κ1) is 29.8. The van der Waals surface area contributed by atoms with E-state index in [1.165, 1.54) is 0 Å². The zero-order chi connectivity index (χ0) is 29.2. The van der Waals surface area contributed by atoms with Crippen LogP contribution in [-0.2, 0) is 36.8 Å². The number of benzene rings is 2. The highest BCUT2D eigenvalue weighted by Gasteiger charge is 2.31. The number of carbonyl (C=O) groups is 5. The lowest BCUT2D eigenvalue weighted by Gasteiger charge is -2.24. The van der Waals surface area contributed by atoms with Crippen molar-refractivity contribution in [3.05, 3.63) is 71.9 Å². The molecule has 0 fully saturated rings. The molecule has 0 aliphatic rings.